The van der Waals surface area contributed by atoms with Gasteiger partial charge in [0.05, 0.1) is 22.8 Å². The lowest BCUT2D eigenvalue weighted by Crippen LogP contribution is -2.25. The molecular weight excluding hydrogens is 264 g/mol. The molecule has 0 fully saturated rings. The third-order valence-electron chi connectivity index (χ3n) is 2.54. The zero-order chi connectivity index (χ0) is 13.7. The molecule has 0 radical (unpaired) electrons. The van der Waals surface area contributed by atoms with Gasteiger partial charge < -0.3 is 4.42 Å². The van der Waals surface area contributed by atoms with Gasteiger partial charge in [0.2, 0.25) is 10.0 Å². The molecule has 5 nitrogen and oxygen atoms in total. The summed E-state index contributed by atoms with van der Waals surface area (Å²) in [7, 11) is -3.54. The second kappa shape index (κ2) is 5.69. The van der Waals surface area contributed by atoms with Gasteiger partial charge in [-0.15, -0.1) is 0 Å². The van der Waals surface area contributed by atoms with Crippen LogP contribution in [0.5, 0.6) is 0 Å². The Labute approximate surface area is 111 Å². The molecule has 0 amide bonds. The molecule has 2 rings (SSSR count). The van der Waals surface area contributed by atoms with E-state index >= 15 is 0 Å². The molecule has 0 aliphatic heterocycles. The van der Waals surface area contributed by atoms with Gasteiger partial charge in [0.15, 0.2) is 0 Å². The molecule has 0 unspecified atom stereocenters. The molecule has 98 valence electrons. The summed E-state index contributed by atoms with van der Waals surface area (Å²) >= 11 is 0. The average molecular weight is 276 g/mol. The van der Waals surface area contributed by atoms with Crippen LogP contribution in [0, 0.1) is 11.3 Å². The molecular formula is C13H12N2O3S. The molecule has 0 aliphatic carbocycles. The first-order chi connectivity index (χ1) is 9.12. The number of rotatable bonds is 5. The highest BCUT2D eigenvalue weighted by molar-refractivity contribution is 7.89. The van der Waals surface area contributed by atoms with E-state index in [1.807, 2.05) is 6.07 Å². The monoisotopic (exact) mass is 276 g/mol. The Hall–Kier alpha value is -2.10. The van der Waals surface area contributed by atoms with Crippen molar-refractivity contribution in [3.8, 4) is 6.07 Å². The van der Waals surface area contributed by atoms with E-state index < -0.39 is 10.0 Å². The van der Waals surface area contributed by atoms with Gasteiger partial charge in [0.25, 0.3) is 0 Å². The molecule has 1 aromatic heterocycles. The summed E-state index contributed by atoms with van der Waals surface area (Å²) in [5, 5.41) is 8.65. The smallest absolute Gasteiger partial charge is 0.240 e. The van der Waals surface area contributed by atoms with Gasteiger partial charge in [-0.25, -0.2) is 13.1 Å². The quantitative estimate of drug-likeness (QED) is 0.900. The van der Waals surface area contributed by atoms with Crippen molar-refractivity contribution < 1.29 is 12.8 Å². The van der Waals surface area contributed by atoms with Crippen LogP contribution in [0.2, 0.25) is 0 Å². The second-order valence-electron chi connectivity index (χ2n) is 3.86. The van der Waals surface area contributed by atoms with Crippen LogP contribution in [0.1, 0.15) is 11.3 Å². The topological polar surface area (TPSA) is 83.1 Å². The second-order valence-corrected chi connectivity index (χ2v) is 5.63. The van der Waals surface area contributed by atoms with Gasteiger partial charge >= 0.3 is 0 Å². The standard InChI is InChI=1S/C13H12N2O3S/c14-10-11-3-5-13(6-4-11)19(16,17)15-8-7-12-2-1-9-18-12/h1-6,9,15H,7-8H2. The minimum absolute atomic E-state index is 0.144. The fourth-order valence-corrected chi connectivity index (χ4v) is 2.59. The molecule has 2 aromatic rings. The maximum atomic E-state index is 11.9. The van der Waals surface area contributed by atoms with E-state index in [0.717, 1.165) is 5.76 Å². The third-order valence-corrected chi connectivity index (χ3v) is 4.01. The van der Waals surface area contributed by atoms with Gasteiger partial charge in [-0.3, -0.25) is 0 Å². The number of nitrogens with zero attached hydrogens (tertiary/aromatic N) is 1. The molecule has 6 heteroatoms. The lowest BCUT2D eigenvalue weighted by atomic mass is 10.2. The van der Waals surface area contributed by atoms with Crippen LogP contribution in [0.25, 0.3) is 0 Å². The first kappa shape index (κ1) is 13.3. The third kappa shape index (κ3) is 3.44. The van der Waals surface area contributed by atoms with Crippen LogP contribution >= 0.6 is 0 Å². The molecule has 0 aliphatic rings. The van der Waals surface area contributed by atoms with E-state index in [1.54, 1.807) is 18.4 Å². The van der Waals surface area contributed by atoms with Crippen molar-refractivity contribution in [3.05, 3.63) is 54.0 Å². The number of furan rings is 1. The molecule has 1 heterocycles. The molecule has 0 atom stereocenters. The molecule has 19 heavy (non-hydrogen) atoms. The summed E-state index contributed by atoms with van der Waals surface area (Å²) in [4.78, 5) is 0.144. The van der Waals surface area contributed by atoms with Crippen LogP contribution in [-0.2, 0) is 16.4 Å². The largest absolute Gasteiger partial charge is 0.469 e. The fraction of sp³-hybridized carbons (Fsp3) is 0.154. The zero-order valence-corrected chi connectivity index (χ0v) is 10.9. The predicted molar refractivity (Wildman–Crippen MR) is 68.8 cm³/mol. The molecule has 1 N–H and O–H groups in total. The van der Waals surface area contributed by atoms with E-state index in [9.17, 15) is 8.42 Å². The maximum absolute atomic E-state index is 11.9. The van der Waals surface area contributed by atoms with E-state index in [4.69, 9.17) is 9.68 Å². The van der Waals surface area contributed by atoms with Crippen molar-refractivity contribution in [2.24, 2.45) is 0 Å². The first-order valence-corrected chi connectivity index (χ1v) is 7.12. The zero-order valence-electron chi connectivity index (χ0n) is 10.0. The average Bonchev–Trinajstić information content (AvgIpc) is 2.92. The highest BCUT2D eigenvalue weighted by atomic mass is 32.2. The highest BCUT2D eigenvalue weighted by Crippen LogP contribution is 2.10. The minimum atomic E-state index is -3.54. The summed E-state index contributed by atoms with van der Waals surface area (Å²) in [6, 6.07) is 11.2. The Kier molecular flexibility index (Phi) is 4.00. The first-order valence-electron chi connectivity index (χ1n) is 5.64. The van der Waals surface area contributed by atoms with Gasteiger partial charge in [0.1, 0.15) is 5.76 Å². The van der Waals surface area contributed by atoms with Gasteiger partial charge in [-0.2, -0.15) is 5.26 Å². The maximum Gasteiger partial charge on any atom is 0.240 e. The van der Waals surface area contributed by atoms with Gasteiger partial charge in [0, 0.05) is 13.0 Å². The minimum Gasteiger partial charge on any atom is -0.469 e. The molecule has 0 saturated carbocycles. The lowest BCUT2D eigenvalue weighted by molar-refractivity contribution is 0.506. The van der Waals surface area contributed by atoms with E-state index in [0.29, 0.717) is 12.0 Å². The number of nitriles is 1. The van der Waals surface area contributed by atoms with E-state index in [1.165, 1.54) is 24.3 Å². The summed E-state index contributed by atoms with van der Waals surface area (Å²) in [5.74, 6) is 0.725. The summed E-state index contributed by atoms with van der Waals surface area (Å²) < 4.78 is 31.5. The molecule has 1 aromatic carbocycles. The van der Waals surface area contributed by atoms with Crippen LogP contribution in [0.4, 0.5) is 0 Å². The lowest BCUT2D eigenvalue weighted by Gasteiger charge is -2.05. The Bertz CT molecular complexity index is 668. The van der Waals surface area contributed by atoms with Crippen molar-refractivity contribution in [2.75, 3.05) is 6.54 Å². The fourth-order valence-electron chi connectivity index (χ4n) is 1.56. The number of hydrogen-bond acceptors (Lipinski definition) is 4. The Morgan fingerprint density at radius 1 is 1.21 bits per heavy atom. The van der Waals surface area contributed by atoms with Crippen LogP contribution in [-0.4, -0.2) is 15.0 Å². The van der Waals surface area contributed by atoms with Crippen molar-refractivity contribution in [2.45, 2.75) is 11.3 Å². The Morgan fingerprint density at radius 3 is 2.53 bits per heavy atom. The van der Waals surface area contributed by atoms with Crippen molar-refractivity contribution in [1.29, 1.82) is 5.26 Å². The van der Waals surface area contributed by atoms with E-state index in [-0.39, 0.29) is 11.4 Å². The van der Waals surface area contributed by atoms with Crippen LogP contribution in [0.15, 0.2) is 52.0 Å². The predicted octanol–water partition coefficient (Wildman–Crippen LogP) is 1.67. The Balaban J connectivity index is 1.99. The van der Waals surface area contributed by atoms with Gasteiger partial charge in [-0.05, 0) is 36.4 Å². The van der Waals surface area contributed by atoms with Crippen LogP contribution in [0.3, 0.4) is 0 Å². The van der Waals surface area contributed by atoms with Crippen molar-refractivity contribution >= 4 is 10.0 Å². The molecule has 0 spiro atoms. The normalized spacial score (nSPS) is 11.1. The number of benzene rings is 1. The molecule has 0 saturated heterocycles. The highest BCUT2D eigenvalue weighted by Gasteiger charge is 2.13. The van der Waals surface area contributed by atoms with Gasteiger partial charge in [-0.1, -0.05) is 0 Å². The Morgan fingerprint density at radius 2 is 1.95 bits per heavy atom. The molecule has 0 bridgehead atoms. The number of hydrogen-bond donors (Lipinski definition) is 1. The van der Waals surface area contributed by atoms with E-state index in [2.05, 4.69) is 4.72 Å². The summed E-state index contributed by atoms with van der Waals surface area (Å²) in [6.07, 6.45) is 2.03. The number of nitrogens with one attached hydrogen (secondary N) is 1. The SMILES string of the molecule is N#Cc1ccc(S(=O)(=O)NCCc2ccco2)cc1. The summed E-state index contributed by atoms with van der Waals surface area (Å²) in [5.41, 5.74) is 0.425. The van der Waals surface area contributed by atoms with Crippen molar-refractivity contribution in [1.82, 2.24) is 4.72 Å². The summed E-state index contributed by atoms with van der Waals surface area (Å²) in [6.45, 7) is 0.260. The van der Waals surface area contributed by atoms with Crippen molar-refractivity contribution in [3.63, 3.8) is 0 Å². The number of sulfonamides is 1. The van der Waals surface area contributed by atoms with Crippen LogP contribution < -0.4 is 4.72 Å².